The number of aliphatic carboxylic acids is 1. The highest BCUT2D eigenvalue weighted by atomic mass is 32.2. The van der Waals surface area contributed by atoms with Gasteiger partial charge in [0.05, 0.1) is 0 Å². The lowest BCUT2D eigenvalue weighted by Crippen LogP contribution is -2.71. The van der Waals surface area contributed by atoms with Gasteiger partial charge >= 0.3 is 12.0 Å². The zero-order chi connectivity index (χ0) is 18.7. The lowest BCUT2D eigenvalue weighted by molar-refractivity contribution is -0.148. The number of thioether (sulfide) groups is 2. The third kappa shape index (κ3) is 3.55. The van der Waals surface area contributed by atoms with Crippen LogP contribution in [0.3, 0.4) is 0 Å². The zero-order valence-corrected chi connectivity index (χ0v) is 15.0. The molecule has 3 rings (SSSR count). The number of nitrogens with zero attached hydrogens (tertiary/aromatic N) is 3. The lowest BCUT2D eigenvalue weighted by Gasteiger charge is -2.49. The van der Waals surface area contributed by atoms with Crippen LogP contribution >= 0.6 is 23.5 Å². The van der Waals surface area contributed by atoms with E-state index in [1.807, 2.05) is 0 Å². The number of carboxylic acids is 1. The fourth-order valence-electron chi connectivity index (χ4n) is 2.53. The van der Waals surface area contributed by atoms with Crippen LogP contribution in [0, 0.1) is 0 Å². The first-order chi connectivity index (χ1) is 12.5. The maximum Gasteiger partial charge on any atom is 0.352 e. The van der Waals surface area contributed by atoms with Gasteiger partial charge in [0, 0.05) is 18.1 Å². The Balaban J connectivity index is 1.70. The third-order valence-electron chi connectivity index (χ3n) is 3.65. The van der Waals surface area contributed by atoms with Crippen LogP contribution in [0.25, 0.3) is 0 Å². The van der Waals surface area contributed by atoms with Crippen molar-refractivity contribution in [3.63, 3.8) is 0 Å². The van der Waals surface area contributed by atoms with Gasteiger partial charge in [-0.15, -0.1) is 28.5 Å². The average molecular weight is 397 g/mol. The Kier molecular flexibility index (Phi) is 5.52. The van der Waals surface area contributed by atoms with Gasteiger partial charge < -0.3 is 20.2 Å². The van der Waals surface area contributed by atoms with Gasteiger partial charge in [0.15, 0.2) is 0 Å². The van der Waals surface area contributed by atoms with E-state index >= 15 is 0 Å². The SMILES string of the molecule is C=CCNC(=O)NC1C(=O)N2C(C(=O)O)=C(CSc3nnco3)CS[C@H]12. The van der Waals surface area contributed by atoms with Crippen LogP contribution in [0.5, 0.6) is 0 Å². The number of rotatable bonds is 7. The summed E-state index contributed by atoms with van der Waals surface area (Å²) < 4.78 is 5.02. The maximum atomic E-state index is 12.4. The zero-order valence-electron chi connectivity index (χ0n) is 13.4. The molecule has 0 aromatic carbocycles. The molecule has 1 aromatic rings. The first kappa shape index (κ1) is 18.3. The van der Waals surface area contributed by atoms with Gasteiger partial charge in [-0.3, -0.25) is 9.69 Å². The molecule has 26 heavy (non-hydrogen) atoms. The number of carboxylic acid groups (broad SMARTS) is 1. The minimum atomic E-state index is -1.18. The molecule has 1 saturated heterocycles. The molecule has 1 fully saturated rings. The molecule has 0 aliphatic carbocycles. The van der Waals surface area contributed by atoms with Gasteiger partial charge in [-0.2, -0.15) is 0 Å². The highest BCUT2D eigenvalue weighted by Gasteiger charge is 2.54. The van der Waals surface area contributed by atoms with E-state index in [1.54, 1.807) is 0 Å². The summed E-state index contributed by atoms with van der Waals surface area (Å²) >= 11 is 2.60. The number of carbonyl (C=O) groups excluding carboxylic acids is 2. The predicted octanol–water partition coefficient (Wildman–Crippen LogP) is 0.269. The van der Waals surface area contributed by atoms with Crippen molar-refractivity contribution >= 4 is 41.4 Å². The number of carbonyl (C=O) groups is 3. The van der Waals surface area contributed by atoms with Gasteiger partial charge in [-0.05, 0) is 5.57 Å². The third-order valence-corrected chi connectivity index (χ3v) is 5.91. The molecule has 1 unspecified atom stereocenters. The standard InChI is InChI=1S/C14H15N5O5S2/c1-2-3-15-13(23)17-8-10(20)19-9(12(21)22)7(4-25-11(8)19)5-26-14-18-16-6-24-14/h2,6,8,11H,1,3-5H2,(H,21,22)(H2,15,17,23)/t8?,11-/m1/s1. The predicted molar refractivity (Wildman–Crippen MR) is 93.3 cm³/mol. The molecule has 2 aliphatic heterocycles. The van der Waals surface area contributed by atoms with E-state index in [9.17, 15) is 19.5 Å². The van der Waals surface area contributed by atoms with Crippen LogP contribution in [0.4, 0.5) is 4.79 Å². The molecule has 0 radical (unpaired) electrons. The first-order valence-corrected chi connectivity index (χ1v) is 9.50. The monoisotopic (exact) mass is 397 g/mol. The minimum Gasteiger partial charge on any atom is -0.477 e. The number of aromatic nitrogens is 2. The molecule has 2 aliphatic rings. The van der Waals surface area contributed by atoms with Gasteiger partial charge in [-0.1, -0.05) is 17.8 Å². The molecule has 10 nitrogen and oxygen atoms in total. The van der Waals surface area contributed by atoms with Crippen LogP contribution in [-0.4, -0.2) is 67.6 Å². The molecule has 2 atom stereocenters. The van der Waals surface area contributed by atoms with Gasteiger partial charge in [-0.25, -0.2) is 9.59 Å². The fraction of sp³-hybridized carbons (Fsp3) is 0.357. The maximum absolute atomic E-state index is 12.4. The molecule has 1 aromatic heterocycles. The Morgan fingerprint density at radius 3 is 3.04 bits per heavy atom. The highest BCUT2D eigenvalue weighted by molar-refractivity contribution is 8.01. The normalized spacial score (nSPS) is 21.7. The van der Waals surface area contributed by atoms with Crippen LogP contribution in [0.2, 0.25) is 0 Å². The van der Waals surface area contributed by atoms with Crippen molar-refractivity contribution in [2.75, 3.05) is 18.1 Å². The Labute approximate surface area is 156 Å². The molecule has 12 heteroatoms. The number of urea groups is 1. The van der Waals surface area contributed by atoms with E-state index in [0.717, 1.165) is 0 Å². The molecule has 3 N–H and O–H groups in total. The van der Waals surface area contributed by atoms with Gasteiger partial charge in [0.2, 0.25) is 6.39 Å². The molecular weight excluding hydrogens is 382 g/mol. The largest absolute Gasteiger partial charge is 0.477 e. The summed E-state index contributed by atoms with van der Waals surface area (Å²) in [5.74, 6) is -0.900. The van der Waals surface area contributed by atoms with E-state index in [-0.39, 0.29) is 12.2 Å². The number of hydrogen-bond acceptors (Lipinski definition) is 8. The smallest absolute Gasteiger partial charge is 0.352 e. The Morgan fingerprint density at radius 2 is 2.38 bits per heavy atom. The number of fused-ring (bicyclic) bond motifs is 1. The van der Waals surface area contributed by atoms with Crippen molar-refractivity contribution in [2.45, 2.75) is 16.6 Å². The number of amides is 3. The van der Waals surface area contributed by atoms with E-state index in [1.165, 1.54) is 40.9 Å². The lowest BCUT2D eigenvalue weighted by atomic mass is 10.0. The summed E-state index contributed by atoms with van der Waals surface area (Å²) in [5, 5.41) is 21.8. The van der Waals surface area contributed by atoms with E-state index in [0.29, 0.717) is 22.3 Å². The average Bonchev–Trinajstić information content (AvgIpc) is 3.15. The van der Waals surface area contributed by atoms with Crippen molar-refractivity contribution in [1.82, 2.24) is 25.7 Å². The summed E-state index contributed by atoms with van der Waals surface area (Å²) in [6.45, 7) is 3.76. The molecular formula is C14H15N5O5S2. The summed E-state index contributed by atoms with van der Waals surface area (Å²) in [6, 6.07) is -1.26. The molecule has 0 spiro atoms. The summed E-state index contributed by atoms with van der Waals surface area (Å²) in [6.07, 6.45) is 2.70. The Morgan fingerprint density at radius 1 is 1.58 bits per heavy atom. The van der Waals surface area contributed by atoms with Crippen molar-refractivity contribution in [2.24, 2.45) is 0 Å². The Hall–Kier alpha value is -2.47. The van der Waals surface area contributed by atoms with E-state index in [2.05, 4.69) is 27.4 Å². The van der Waals surface area contributed by atoms with Crippen LogP contribution in [0.1, 0.15) is 0 Å². The molecule has 3 heterocycles. The summed E-state index contributed by atoms with van der Waals surface area (Å²) in [7, 11) is 0. The van der Waals surface area contributed by atoms with Crippen molar-refractivity contribution < 1.29 is 23.9 Å². The Bertz CT molecular complexity index is 766. The van der Waals surface area contributed by atoms with E-state index in [4.69, 9.17) is 4.42 Å². The molecule has 0 bridgehead atoms. The van der Waals surface area contributed by atoms with Crippen molar-refractivity contribution in [3.05, 3.63) is 30.3 Å². The topological polar surface area (TPSA) is 138 Å². The first-order valence-electron chi connectivity index (χ1n) is 7.47. The van der Waals surface area contributed by atoms with Crippen molar-refractivity contribution in [1.29, 1.82) is 0 Å². The van der Waals surface area contributed by atoms with Gasteiger partial charge in [0.25, 0.3) is 11.1 Å². The minimum absolute atomic E-state index is 0.0460. The van der Waals surface area contributed by atoms with Crippen molar-refractivity contribution in [3.8, 4) is 0 Å². The molecule has 0 saturated carbocycles. The van der Waals surface area contributed by atoms with E-state index < -0.39 is 29.3 Å². The molecule has 3 amide bonds. The van der Waals surface area contributed by atoms with Gasteiger partial charge in [0.1, 0.15) is 17.1 Å². The quantitative estimate of drug-likeness (QED) is 0.336. The second-order valence-electron chi connectivity index (χ2n) is 5.28. The number of β-lactam (4-membered cyclic amide) rings is 1. The van der Waals surface area contributed by atoms with Crippen LogP contribution in [-0.2, 0) is 9.59 Å². The van der Waals surface area contributed by atoms with Crippen LogP contribution in [0.15, 0.2) is 40.0 Å². The summed E-state index contributed by atoms with van der Waals surface area (Å²) in [5.41, 5.74) is 0.542. The summed E-state index contributed by atoms with van der Waals surface area (Å²) in [4.78, 5) is 37.1. The fourth-order valence-corrected chi connectivity index (χ4v) is 4.75. The van der Waals surface area contributed by atoms with Crippen LogP contribution < -0.4 is 10.6 Å². The number of nitrogens with one attached hydrogen (secondary N) is 2. The highest BCUT2D eigenvalue weighted by Crippen LogP contribution is 2.41. The molecule has 138 valence electrons. The second-order valence-corrected chi connectivity index (χ2v) is 7.31. The number of hydrogen-bond donors (Lipinski definition) is 3. The second kappa shape index (κ2) is 7.83.